The van der Waals surface area contributed by atoms with E-state index in [1.54, 1.807) is 0 Å². The fourth-order valence-electron chi connectivity index (χ4n) is 1.04. The Morgan fingerprint density at radius 3 is 2.27 bits per heavy atom. The van der Waals surface area contributed by atoms with Crippen molar-refractivity contribution < 1.29 is 0 Å². The monoisotopic (exact) mass is 172 g/mol. The van der Waals surface area contributed by atoms with E-state index in [4.69, 9.17) is 11.6 Å². The molecule has 0 aliphatic heterocycles. The van der Waals surface area contributed by atoms with Gasteiger partial charge in [0, 0.05) is 11.8 Å². The summed E-state index contributed by atoms with van der Waals surface area (Å²) in [5.41, 5.74) is 0. The van der Waals surface area contributed by atoms with Crippen LogP contribution in [0.4, 0.5) is 0 Å². The molecule has 0 unspecified atom stereocenters. The molecule has 0 heterocycles. The van der Waals surface area contributed by atoms with Gasteiger partial charge in [-0.05, 0) is 18.0 Å². The Bertz CT molecular complexity index is 119. The summed E-state index contributed by atoms with van der Waals surface area (Å²) in [4.78, 5) is 0. The van der Waals surface area contributed by atoms with Gasteiger partial charge in [0.25, 0.3) is 0 Å². The minimum absolute atomic E-state index is 0.968. The standard InChI is InChI=1S/C10H17Cl/c1-2-3-4-5-6-7-8-9-10-11/h2-8H2,1H3. The first-order valence-electron chi connectivity index (χ1n) is 4.50. The Morgan fingerprint density at radius 2 is 1.64 bits per heavy atom. The van der Waals surface area contributed by atoms with Crippen molar-refractivity contribution in [1.29, 1.82) is 0 Å². The van der Waals surface area contributed by atoms with Gasteiger partial charge in [0.05, 0.1) is 0 Å². The third-order valence-corrected chi connectivity index (χ3v) is 1.86. The maximum absolute atomic E-state index is 5.20. The second-order valence-corrected chi connectivity index (χ2v) is 2.98. The molecule has 11 heavy (non-hydrogen) atoms. The van der Waals surface area contributed by atoms with Crippen molar-refractivity contribution in [3.8, 4) is 11.3 Å². The number of halogens is 1. The van der Waals surface area contributed by atoms with Gasteiger partial charge >= 0.3 is 0 Å². The van der Waals surface area contributed by atoms with E-state index in [1.807, 2.05) is 0 Å². The maximum Gasteiger partial charge on any atom is 0.0101 e. The van der Waals surface area contributed by atoms with Crippen molar-refractivity contribution in [3.05, 3.63) is 0 Å². The average molecular weight is 173 g/mol. The second kappa shape index (κ2) is 9.85. The van der Waals surface area contributed by atoms with Crippen molar-refractivity contribution in [2.75, 3.05) is 0 Å². The highest BCUT2D eigenvalue weighted by Gasteiger charge is 1.87. The third-order valence-electron chi connectivity index (χ3n) is 1.72. The smallest absolute Gasteiger partial charge is 0.0101 e. The molecule has 0 saturated carbocycles. The van der Waals surface area contributed by atoms with Crippen molar-refractivity contribution in [3.63, 3.8) is 0 Å². The molecule has 0 aromatic carbocycles. The highest BCUT2D eigenvalue weighted by molar-refractivity contribution is 6.30. The zero-order valence-electron chi connectivity index (χ0n) is 7.33. The molecular weight excluding hydrogens is 156 g/mol. The average Bonchev–Trinajstić information content (AvgIpc) is 2.03. The molecular formula is C10H17Cl. The van der Waals surface area contributed by atoms with Gasteiger partial charge in [0.1, 0.15) is 0 Å². The molecule has 0 fully saturated rings. The first-order valence-corrected chi connectivity index (χ1v) is 4.88. The van der Waals surface area contributed by atoms with E-state index >= 15 is 0 Å². The molecule has 64 valence electrons. The Kier molecular flexibility index (Phi) is 9.72. The van der Waals surface area contributed by atoms with Gasteiger partial charge in [-0.1, -0.05) is 44.9 Å². The van der Waals surface area contributed by atoms with Crippen LogP contribution in [-0.2, 0) is 0 Å². The van der Waals surface area contributed by atoms with Crippen LogP contribution in [0.5, 0.6) is 0 Å². The highest BCUT2D eigenvalue weighted by atomic mass is 35.5. The van der Waals surface area contributed by atoms with Gasteiger partial charge in [0.2, 0.25) is 0 Å². The molecule has 0 radical (unpaired) electrons. The lowest BCUT2D eigenvalue weighted by Gasteiger charge is -1.95. The number of rotatable bonds is 6. The first kappa shape index (κ1) is 10.8. The van der Waals surface area contributed by atoms with Crippen LogP contribution in [0.2, 0.25) is 0 Å². The normalized spacial score (nSPS) is 8.91. The van der Waals surface area contributed by atoms with Crippen LogP contribution in [0.25, 0.3) is 0 Å². The maximum atomic E-state index is 5.20. The molecule has 0 saturated heterocycles. The van der Waals surface area contributed by atoms with Gasteiger partial charge in [-0.25, -0.2) is 0 Å². The van der Waals surface area contributed by atoms with Crippen molar-refractivity contribution in [1.82, 2.24) is 0 Å². The second-order valence-electron chi connectivity index (χ2n) is 2.79. The Balaban J connectivity index is 2.83. The molecule has 0 aromatic rings. The molecule has 0 rings (SSSR count). The molecule has 0 N–H and O–H groups in total. The van der Waals surface area contributed by atoms with Gasteiger partial charge in [-0.15, -0.1) is 0 Å². The van der Waals surface area contributed by atoms with Crippen LogP contribution in [0, 0.1) is 11.3 Å². The summed E-state index contributed by atoms with van der Waals surface area (Å²) in [6, 6.07) is 0. The molecule has 1 heteroatoms. The Hall–Kier alpha value is -0.150. The lowest BCUT2D eigenvalue weighted by Crippen LogP contribution is -1.77. The van der Waals surface area contributed by atoms with Gasteiger partial charge in [-0.3, -0.25) is 0 Å². The number of hydrogen-bond donors (Lipinski definition) is 0. The van der Waals surface area contributed by atoms with E-state index in [9.17, 15) is 0 Å². The zero-order valence-corrected chi connectivity index (χ0v) is 8.08. The molecule has 0 nitrogen and oxygen atoms in total. The number of hydrogen-bond acceptors (Lipinski definition) is 0. The van der Waals surface area contributed by atoms with Crippen LogP contribution in [0.1, 0.15) is 51.9 Å². The SMILES string of the molecule is CCCCCCCCC#CCl. The minimum Gasteiger partial charge on any atom is -0.0859 e. The van der Waals surface area contributed by atoms with E-state index in [0.29, 0.717) is 0 Å². The van der Waals surface area contributed by atoms with E-state index in [2.05, 4.69) is 18.2 Å². The van der Waals surface area contributed by atoms with Crippen molar-refractivity contribution >= 4 is 11.6 Å². The lowest BCUT2D eigenvalue weighted by molar-refractivity contribution is 0.614. The fraction of sp³-hybridized carbons (Fsp3) is 0.800. The largest absolute Gasteiger partial charge is 0.0859 e. The topological polar surface area (TPSA) is 0 Å². The summed E-state index contributed by atoms with van der Waals surface area (Å²) >= 11 is 5.20. The number of unbranched alkanes of at least 4 members (excludes halogenated alkanes) is 6. The molecule has 0 bridgehead atoms. The molecule has 0 amide bonds. The minimum atomic E-state index is 0.968. The van der Waals surface area contributed by atoms with Gasteiger partial charge in [0.15, 0.2) is 0 Å². The predicted molar refractivity (Wildman–Crippen MR) is 51.6 cm³/mol. The molecule has 0 aromatic heterocycles. The summed E-state index contributed by atoms with van der Waals surface area (Å²) in [7, 11) is 0. The quantitative estimate of drug-likeness (QED) is 0.421. The molecule has 0 spiro atoms. The summed E-state index contributed by atoms with van der Waals surface area (Å²) in [6.45, 7) is 2.24. The van der Waals surface area contributed by atoms with E-state index in [1.165, 1.54) is 38.5 Å². The summed E-state index contributed by atoms with van der Waals surface area (Å²) in [5.74, 6) is 2.85. The van der Waals surface area contributed by atoms with Gasteiger partial charge < -0.3 is 0 Å². The Morgan fingerprint density at radius 1 is 1.00 bits per heavy atom. The summed E-state index contributed by atoms with van der Waals surface area (Å²) in [5, 5.41) is 2.39. The van der Waals surface area contributed by atoms with Crippen molar-refractivity contribution in [2.24, 2.45) is 0 Å². The zero-order chi connectivity index (χ0) is 8.36. The van der Waals surface area contributed by atoms with E-state index in [-0.39, 0.29) is 0 Å². The highest BCUT2D eigenvalue weighted by Crippen LogP contribution is 2.05. The fourth-order valence-corrected chi connectivity index (χ4v) is 1.14. The predicted octanol–water partition coefficient (Wildman–Crippen LogP) is 3.94. The summed E-state index contributed by atoms with van der Waals surface area (Å²) < 4.78 is 0. The van der Waals surface area contributed by atoms with Crippen molar-refractivity contribution in [2.45, 2.75) is 51.9 Å². The third kappa shape index (κ3) is 9.85. The van der Waals surface area contributed by atoms with Gasteiger partial charge in [-0.2, -0.15) is 0 Å². The van der Waals surface area contributed by atoms with E-state index in [0.717, 1.165) is 6.42 Å². The van der Waals surface area contributed by atoms with Crippen LogP contribution < -0.4 is 0 Å². The van der Waals surface area contributed by atoms with Crippen LogP contribution >= 0.6 is 11.6 Å². The van der Waals surface area contributed by atoms with Crippen LogP contribution in [0.3, 0.4) is 0 Å². The van der Waals surface area contributed by atoms with Crippen LogP contribution in [-0.4, -0.2) is 0 Å². The first-order chi connectivity index (χ1) is 5.41. The molecule has 0 atom stereocenters. The van der Waals surface area contributed by atoms with E-state index < -0.39 is 0 Å². The van der Waals surface area contributed by atoms with Crippen LogP contribution in [0.15, 0.2) is 0 Å². The lowest BCUT2D eigenvalue weighted by atomic mass is 10.1. The Labute approximate surface area is 75.3 Å². The molecule has 0 aliphatic carbocycles. The summed E-state index contributed by atoms with van der Waals surface area (Å²) in [6.07, 6.45) is 8.93. The molecule has 0 aliphatic rings.